The minimum atomic E-state index is -1.12. The summed E-state index contributed by atoms with van der Waals surface area (Å²) in [6, 6.07) is 3.55. The van der Waals surface area contributed by atoms with Crippen LogP contribution in [0, 0.1) is 0 Å². The molecule has 0 saturated heterocycles. The van der Waals surface area contributed by atoms with Crippen LogP contribution in [0.2, 0.25) is 0 Å². The summed E-state index contributed by atoms with van der Waals surface area (Å²) in [5.41, 5.74) is -0.305. The van der Waals surface area contributed by atoms with Crippen molar-refractivity contribution >= 4 is 11.9 Å². The lowest BCUT2D eigenvalue weighted by molar-refractivity contribution is -0.141. The summed E-state index contributed by atoms with van der Waals surface area (Å²) < 4.78 is 1.20. The van der Waals surface area contributed by atoms with E-state index in [1.54, 1.807) is 12.1 Å². The van der Waals surface area contributed by atoms with Gasteiger partial charge in [0, 0.05) is 12.3 Å². The van der Waals surface area contributed by atoms with E-state index >= 15 is 0 Å². The molecule has 1 amide bonds. The topological polar surface area (TPSA) is 88.4 Å². The molecule has 86 valence electrons. The number of nitrogens with one attached hydrogen (secondary N) is 1. The number of carbonyl (C=O) groups excluding carboxylic acids is 1. The van der Waals surface area contributed by atoms with Gasteiger partial charge in [-0.2, -0.15) is 0 Å². The molecule has 0 fully saturated rings. The first-order valence-corrected chi connectivity index (χ1v) is 4.68. The fourth-order valence-corrected chi connectivity index (χ4v) is 1.09. The Morgan fingerprint density at radius 2 is 2.19 bits per heavy atom. The zero-order valence-electron chi connectivity index (χ0n) is 8.71. The largest absolute Gasteiger partial charge is 0.480 e. The predicted molar refractivity (Wildman–Crippen MR) is 55.9 cm³/mol. The molecule has 0 bridgehead atoms. The highest BCUT2D eigenvalue weighted by molar-refractivity contribution is 5.83. The van der Waals surface area contributed by atoms with E-state index in [0.717, 1.165) is 0 Å². The summed E-state index contributed by atoms with van der Waals surface area (Å²) in [4.78, 5) is 33.1. The molecule has 1 aromatic rings. The Labute approximate surface area is 91.5 Å². The molecule has 2 N–H and O–H groups in total. The number of carbonyl (C=O) groups is 2. The van der Waals surface area contributed by atoms with Crippen LogP contribution < -0.4 is 10.9 Å². The Balaban J connectivity index is 2.62. The SMILES string of the molecule is C[C@@H](NC(=O)Cn1ccccc1=O)C(=O)O. The molecule has 0 spiro atoms. The van der Waals surface area contributed by atoms with Crippen LogP contribution in [-0.4, -0.2) is 27.6 Å². The first-order chi connectivity index (χ1) is 7.50. The predicted octanol–water partition coefficient (Wildman–Crippen LogP) is -0.562. The van der Waals surface area contributed by atoms with Crippen molar-refractivity contribution in [1.29, 1.82) is 0 Å². The van der Waals surface area contributed by atoms with Crippen molar-refractivity contribution in [3.05, 3.63) is 34.7 Å². The van der Waals surface area contributed by atoms with Crippen LogP contribution in [0.5, 0.6) is 0 Å². The third-order valence-electron chi connectivity index (χ3n) is 1.96. The zero-order chi connectivity index (χ0) is 12.1. The molecule has 1 rings (SSSR count). The van der Waals surface area contributed by atoms with Crippen molar-refractivity contribution in [2.24, 2.45) is 0 Å². The summed E-state index contributed by atoms with van der Waals surface area (Å²) >= 11 is 0. The van der Waals surface area contributed by atoms with Gasteiger partial charge in [-0.15, -0.1) is 0 Å². The molecule has 0 aliphatic carbocycles. The van der Waals surface area contributed by atoms with Crippen LogP contribution in [0.4, 0.5) is 0 Å². The number of pyridine rings is 1. The fraction of sp³-hybridized carbons (Fsp3) is 0.300. The highest BCUT2D eigenvalue weighted by Gasteiger charge is 2.13. The Morgan fingerprint density at radius 3 is 2.75 bits per heavy atom. The zero-order valence-corrected chi connectivity index (χ0v) is 8.71. The van der Waals surface area contributed by atoms with Crippen LogP contribution in [-0.2, 0) is 16.1 Å². The molecule has 0 aliphatic rings. The maximum atomic E-state index is 11.3. The summed E-state index contributed by atoms with van der Waals surface area (Å²) in [6.45, 7) is 1.17. The normalized spacial score (nSPS) is 11.8. The van der Waals surface area contributed by atoms with E-state index in [1.165, 1.54) is 23.8 Å². The van der Waals surface area contributed by atoms with Crippen molar-refractivity contribution in [3.63, 3.8) is 0 Å². The summed E-state index contributed by atoms with van der Waals surface area (Å²) in [5, 5.41) is 10.8. The average molecular weight is 224 g/mol. The van der Waals surface area contributed by atoms with Gasteiger partial charge in [0.05, 0.1) is 0 Å². The van der Waals surface area contributed by atoms with Crippen molar-refractivity contribution in [3.8, 4) is 0 Å². The molecule has 1 atom stereocenters. The first kappa shape index (κ1) is 12.0. The van der Waals surface area contributed by atoms with E-state index in [2.05, 4.69) is 5.32 Å². The van der Waals surface area contributed by atoms with Gasteiger partial charge in [0.25, 0.3) is 5.56 Å². The van der Waals surface area contributed by atoms with E-state index in [9.17, 15) is 14.4 Å². The van der Waals surface area contributed by atoms with Crippen LogP contribution in [0.25, 0.3) is 0 Å². The summed E-state index contributed by atoms with van der Waals surface area (Å²) in [6.07, 6.45) is 1.47. The average Bonchev–Trinajstić information content (AvgIpc) is 2.21. The smallest absolute Gasteiger partial charge is 0.325 e. The molecule has 6 heteroatoms. The Bertz CT molecular complexity index is 452. The second kappa shape index (κ2) is 5.11. The minimum Gasteiger partial charge on any atom is -0.480 e. The minimum absolute atomic E-state index is 0.183. The van der Waals surface area contributed by atoms with E-state index in [-0.39, 0.29) is 12.1 Å². The number of carboxylic acids is 1. The molecule has 0 aromatic carbocycles. The number of aliphatic carboxylic acids is 1. The Hall–Kier alpha value is -2.11. The molecule has 0 aliphatic heterocycles. The number of hydrogen-bond donors (Lipinski definition) is 2. The maximum Gasteiger partial charge on any atom is 0.325 e. The summed E-state index contributed by atoms with van der Waals surface area (Å²) in [5.74, 6) is -1.63. The molecular formula is C10H12N2O4. The molecule has 0 saturated carbocycles. The summed E-state index contributed by atoms with van der Waals surface area (Å²) in [7, 11) is 0. The third kappa shape index (κ3) is 3.23. The van der Waals surface area contributed by atoms with Crippen molar-refractivity contribution in [1.82, 2.24) is 9.88 Å². The maximum absolute atomic E-state index is 11.3. The van der Waals surface area contributed by atoms with E-state index in [0.29, 0.717) is 0 Å². The van der Waals surface area contributed by atoms with Crippen LogP contribution >= 0.6 is 0 Å². The Morgan fingerprint density at radius 1 is 1.50 bits per heavy atom. The van der Waals surface area contributed by atoms with Crippen LogP contribution in [0.15, 0.2) is 29.2 Å². The van der Waals surface area contributed by atoms with E-state index in [1.807, 2.05) is 0 Å². The third-order valence-corrected chi connectivity index (χ3v) is 1.96. The van der Waals surface area contributed by atoms with Gasteiger partial charge in [-0.1, -0.05) is 6.07 Å². The fourth-order valence-electron chi connectivity index (χ4n) is 1.09. The number of rotatable bonds is 4. The van der Waals surface area contributed by atoms with Crippen LogP contribution in [0.1, 0.15) is 6.92 Å². The van der Waals surface area contributed by atoms with Gasteiger partial charge in [0.2, 0.25) is 5.91 Å². The molecule has 6 nitrogen and oxygen atoms in total. The van der Waals surface area contributed by atoms with Gasteiger partial charge in [-0.3, -0.25) is 14.4 Å². The number of nitrogens with zero attached hydrogens (tertiary/aromatic N) is 1. The van der Waals surface area contributed by atoms with Gasteiger partial charge >= 0.3 is 5.97 Å². The number of amides is 1. The lowest BCUT2D eigenvalue weighted by Gasteiger charge is -2.09. The lowest BCUT2D eigenvalue weighted by Crippen LogP contribution is -2.41. The highest BCUT2D eigenvalue weighted by Crippen LogP contribution is 1.85. The molecular weight excluding hydrogens is 212 g/mol. The Kier molecular flexibility index (Phi) is 3.82. The number of carboxylic acid groups (broad SMARTS) is 1. The monoisotopic (exact) mass is 224 g/mol. The van der Waals surface area contributed by atoms with Crippen LogP contribution in [0.3, 0.4) is 0 Å². The van der Waals surface area contributed by atoms with E-state index in [4.69, 9.17) is 5.11 Å². The molecule has 1 heterocycles. The van der Waals surface area contributed by atoms with Gasteiger partial charge < -0.3 is 15.0 Å². The second-order valence-electron chi connectivity index (χ2n) is 3.29. The second-order valence-corrected chi connectivity index (χ2v) is 3.29. The molecule has 0 unspecified atom stereocenters. The molecule has 1 aromatic heterocycles. The number of hydrogen-bond acceptors (Lipinski definition) is 3. The lowest BCUT2D eigenvalue weighted by atomic mass is 10.3. The van der Waals surface area contributed by atoms with Gasteiger partial charge in [-0.05, 0) is 13.0 Å². The molecule has 0 radical (unpaired) electrons. The molecule has 16 heavy (non-hydrogen) atoms. The standard InChI is InChI=1S/C10H12N2O4/c1-7(10(15)16)11-8(13)6-12-5-3-2-4-9(12)14/h2-5,7H,6H2,1H3,(H,11,13)(H,15,16)/t7-/m1/s1. The van der Waals surface area contributed by atoms with Gasteiger partial charge in [0.15, 0.2) is 0 Å². The first-order valence-electron chi connectivity index (χ1n) is 4.68. The van der Waals surface area contributed by atoms with E-state index < -0.39 is 17.9 Å². The van der Waals surface area contributed by atoms with Gasteiger partial charge in [-0.25, -0.2) is 0 Å². The van der Waals surface area contributed by atoms with Crippen molar-refractivity contribution in [2.75, 3.05) is 0 Å². The van der Waals surface area contributed by atoms with Crippen molar-refractivity contribution < 1.29 is 14.7 Å². The van der Waals surface area contributed by atoms with Gasteiger partial charge in [0.1, 0.15) is 12.6 Å². The quantitative estimate of drug-likeness (QED) is 0.717. The highest BCUT2D eigenvalue weighted by atomic mass is 16.4. The van der Waals surface area contributed by atoms with Crippen molar-refractivity contribution in [2.45, 2.75) is 19.5 Å². The number of aromatic nitrogens is 1.